The Kier molecular flexibility index (Phi) is 5.60. The highest BCUT2D eigenvalue weighted by molar-refractivity contribution is 7.80. The SMILES string of the molecule is COc1cc2ccccc2cc1C(=O)NC(=S)Nc1nnn(CC(C)C)n1. The van der Waals surface area contributed by atoms with Crippen LogP contribution in [0.15, 0.2) is 36.4 Å². The fraction of sp³-hybridized carbons (Fsp3) is 0.278. The van der Waals surface area contributed by atoms with Crippen LogP contribution in [0.5, 0.6) is 5.75 Å². The summed E-state index contributed by atoms with van der Waals surface area (Å²) >= 11 is 5.18. The van der Waals surface area contributed by atoms with Crippen molar-refractivity contribution in [2.24, 2.45) is 5.92 Å². The van der Waals surface area contributed by atoms with Gasteiger partial charge in [0.05, 0.1) is 19.2 Å². The van der Waals surface area contributed by atoms with Crippen LogP contribution in [0.25, 0.3) is 10.8 Å². The second-order valence-corrected chi connectivity index (χ2v) is 6.78. The molecule has 3 rings (SSSR count). The van der Waals surface area contributed by atoms with Crippen LogP contribution in [0.2, 0.25) is 0 Å². The summed E-state index contributed by atoms with van der Waals surface area (Å²) in [5.74, 6) is 0.699. The average molecular weight is 384 g/mol. The molecule has 9 heteroatoms. The van der Waals surface area contributed by atoms with Gasteiger partial charge in [0.2, 0.25) is 0 Å². The molecule has 0 unspecified atom stereocenters. The number of tetrazole rings is 1. The predicted octanol–water partition coefficient (Wildman–Crippen LogP) is 2.62. The van der Waals surface area contributed by atoms with E-state index in [4.69, 9.17) is 17.0 Å². The summed E-state index contributed by atoms with van der Waals surface area (Å²) in [6.45, 7) is 4.75. The first-order valence-electron chi connectivity index (χ1n) is 8.43. The maximum Gasteiger partial charge on any atom is 0.269 e. The van der Waals surface area contributed by atoms with Gasteiger partial charge in [-0.3, -0.25) is 15.4 Å². The van der Waals surface area contributed by atoms with Gasteiger partial charge in [-0.25, -0.2) is 0 Å². The summed E-state index contributed by atoms with van der Waals surface area (Å²) in [6, 6.07) is 11.3. The Morgan fingerprint density at radius 2 is 1.96 bits per heavy atom. The smallest absolute Gasteiger partial charge is 0.269 e. The topological polar surface area (TPSA) is 94.0 Å². The normalized spacial score (nSPS) is 10.8. The molecule has 8 nitrogen and oxygen atoms in total. The Morgan fingerprint density at radius 3 is 2.63 bits per heavy atom. The van der Waals surface area contributed by atoms with E-state index >= 15 is 0 Å². The summed E-state index contributed by atoms with van der Waals surface area (Å²) in [4.78, 5) is 14.1. The number of hydrogen-bond acceptors (Lipinski definition) is 6. The molecule has 0 aliphatic rings. The Bertz CT molecular complexity index is 985. The molecule has 0 spiro atoms. The second-order valence-electron chi connectivity index (χ2n) is 6.37. The third kappa shape index (κ3) is 4.56. The largest absolute Gasteiger partial charge is 0.496 e. The van der Waals surface area contributed by atoms with E-state index in [-0.39, 0.29) is 17.0 Å². The van der Waals surface area contributed by atoms with Crippen LogP contribution in [0.4, 0.5) is 5.95 Å². The molecule has 0 aliphatic carbocycles. The van der Waals surface area contributed by atoms with Gasteiger partial charge >= 0.3 is 0 Å². The molecule has 140 valence electrons. The maximum absolute atomic E-state index is 12.6. The third-order valence-corrected chi connectivity index (χ3v) is 3.95. The summed E-state index contributed by atoms with van der Waals surface area (Å²) in [5, 5.41) is 19.3. The Hall–Kier alpha value is -3.07. The number of hydrogen-bond donors (Lipinski definition) is 2. The molecule has 3 aromatic rings. The quantitative estimate of drug-likeness (QED) is 0.653. The van der Waals surface area contributed by atoms with Crippen molar-refractivity contribution in [2.45, 2.75) is 20.4 Å². The van der Waals surface area contributed by atoms with Crippen LogP contribution in [0, 0.1) is 5.92 Å². The van der Waals surface area contributed by atoms with Crippen LogP contribution >= 0.6 is 12.2 Å². The van der Waals surface area contributed by atoms with Gasteiger partial charge < -0.3 is 4.74 Å². The number of nitrogens with zero attached hydrogens (tertiary/aromatic N) is 4. The molecule has 0 atom stereocenters. The highest BCUT2D eigenvalue weighted by atomic mass is 32.1. The predicted molar refractivity (Wildman–Crippen MR) is 107 cm³/mol. The first-order valence-corrected chi connectivity index (χ1v) is 8.84. The highest BCUT2D eigenvalue weighted by Gasteiger charge is 2.16. The van der Waals surface area contributed by atoms with Gasteiger partial charge in [-0.1, -0.05) is 43.2 Å². The van der Waals surface area contributed by atoms with Crippen molar-refractivity contribution in [3.63, 3.8) is 0 Å². The summed E-state index contributed by atoms with van der Waals surface area (Å²) in [6.07, 6.45) is 0. The van der Waals surface area contributed by atoms with Crippen molar-refractivity contribution in [1.82, 2.24) is 25.5 Å². The van der Waals surface area contributed by atoms with E-state index in [1.54, 1.807) is 6.07 Å². The molecule has 1 heterocycles. The van der Waals surface area contributed by atoms with E-state index in [0.717, 1.165) is 10.8 Å². The van der Waals surface area contributed by atoms with Crippen molar-refractivity contribution in [3.8, 4) is 5.75 Å². The summed E-state index contributed by atoms with van der Waals surface area (Å²) < 4.78 is 5.35. The molecule has 0 radical (unpaired) electrons. The minimum atomic E-state index is -0.385. The molecule has 1 aromatic heterocycles. The van der Waals surface area contributed by atoms with Gasteiger partial charge in [0.1, 0.15) is 5.75 Å². The zero-order chi connectivity index (χ0) is 19.4. The van der Waals surface area contributed by atoms with E-state index in [1.165, 1.54) is 11.9 Å². The minimum absolute atomic E-state index is 0.0827. The highest BCUT2D eigenvalue weighted by Crippen LogP contribution is 2.25. The second kappa shape index (κ2) is 8.09. The number of fused-ring (bicyclic) bond motifs is 1. The number of benzene rings is 2. The Balaban J connectivity index is 1.72. The monoisotopic (exact) mass is 384 g/mol. The fourth-order valence-corrected chi connectivity index (χ4v) is 2.75. The zero-order valence-electron chi connectivity index (χ0n) is 15.3. The lowest BCUT2D eigenvalue weighted by molar-refractivity contribution is 0.0975. The number of anilines is 1. The summed E-state index contributed by atoms with van der Waals surface area (Å²) in [5.41, 5.74) is 0.386. The molecule has 0 saturated carbocycles. The van der Waals surface area contributed by atoms with E-state index in [9.17, 15) is 4.79 Å². The first kappa shape index (κ1) is 18.7. The lowest BCUT2D eigenvalue weighted by atomic mass is 10.1. The van der Waals surface area contributed by atoms with Crippen LogP contribution in [-0.4, -0.2) is 38.3 Å². The van der Waals surface area contributed by atoms with Crippen molar-refractivity contribution in [3.05, 3.63) is 42.0 Å². The number of carbonyl (C=O) groups excluding carboxylic acids is 1. The molecule has 27 heavy (non-hydrogen) atoms. The molecule has 2 N–H and O–H groups in total. The van der Waals surface area contributed by atoms with Crippen LogP contribution < -0.4 is 15.4 Å². The number of carbonyl (C=O) groups is 1. The lowest BCUT2D eigenvalue weighted by Gasteiger charge is -2.11. The molecular weight excluding hydrogens is 364 g/mol. The van der Waals surface area contributed by atoms with Crippen molar-refractivity contribution < 1.29 is 9.53 Å². The Labute approximate surface area is 161 Å². The number of rotatable bonds is 5. The molecule has 1 amide bonds. The lowest BCUT2D eigenvalue weighted by Crippen LogP contribution is -2.34. The third-order valence-electron chi connectivity index (χ3n) is 3.75. The molecule has 0 fully saturated rings. The van der Waals surface area contributed by atoms with Gasteiger partial charge in [-0.05, 0) is 46.3 Å². The first-order chi connectivity index (χ1) is 13.0. The number of nitrogens with one attached hydrogen (secondary N) is 2. The average Bonchev–Trinajstić information content (AvgIpc) is 3.06. The molecule has 0 aliphatic heterocycles. The number of amides is 1. The van der Waals surface area contributed by atoms with Crippen LogP contribution in [0.1, 0.15) is 24.2 Å². The van der Waals surface area contributed by atoms with Gasteiger partial charge in [-0.15, -0.1) is 5.10 Å². The van der Waals surface area contributed by atoms with Crippen LogP contribution in [0.3, 0.4) is 0 Å². The van der Waals surface area contributed by atoms with Crippen molar-refractivity contribution in [2.75, 3.05) is 12.4 Å². The molecular formula is C18H20N6O2S. The number of ether oxygens (including phenoxy) is 1. The van der Waals surface area contributed by atoms with E-state index in [1.807, 2.05) is 30.3 Å². The fourth-order valence-electron chi connectivity index (χ4n) is 2.57. The molecule has 2 aromatic carbocycles. The maximum atomic E-state index is 12.6. The van der Waals surface area contributed by atoms with E-state index in [2.05, 4.69) is 39.9 Å². The Morgan fingerprint density at radius 1 is 1.26 bits per heavy atom. The standard InChI is InChI=1S/C18H20N6O2S/c1-11(2)10-24-22-17(21-23-24)20-18(27)19-16(25)14-8-12-6-4-5-7-13(12)9-15(14)26-3/h4-9,11H,10H2,1-3H3,(H2,19,20,22,25,27). The molecule has 0 saturated heterocycles. The van der Waals surface area contributed by atoms with E-state index in [0.29, 0.717) is 23.8 Å². The van der Waals surface area contributed by atoms with Gasteiger partial charge in [0, 0.05) is 0 Å². The number of aromatic nitrogens is 4. The minimum Gasteiger partial charge on any atom is -0.496 e. The van der Waals surface area contributed by atoms with E-state index < -0.39 is 0 Å². The van der Waals surface area contributed by atoms with Gasteiger partial charge in [0.15, 0.2) is 5.11 Å². The molecule has 0 bridgehead atoms. The van der Waals surface area contributed by atoms with Gasteiger partial charge in [-0.2, -0.15) is 4.80 Å². The zero-order valence-corrected chi connectivity index (χ0v) is 16.1. The van der Waals surface area contributed by atoms with Gasteiger partial charge in [0.25, 0.3) is 11.9 Å². The van der Waals surface area contributed by atoms with Crippen molar-refractivity contribution >= 4 is 40.0 Å². The van der Waals surface area contributed by atoms with Crippen LogP contribution in [-0.2, 0) is 6.54 Å². The van der Waals surface area contributed by atoms with Crippen molar-refractivity contribution in [1.29, 1.82) is 0 Å². The summed E-state index contributed by atoms with van der Waals surface area (Å²) in [7, 11) is 1.52. The number of methoxy groups -OCH3 is 1. The number of thiocarbonyl (C=S) groups is 1.